The Labute approximate surface area is 143 Å². The van der Waals surface area contributed by atoms with Crippen molar-refractivity contribution in [3.63, 3.8) is 0 Å². The zero-order chi connectivity index (χ0) is 15.3. The lowest BCUT2D eigenvalue weighted by atomic mass is 9.97. The summed E-state index contributed by atoms with van der Waals surface area (Å²) in [6.07, 6.45) is 2.53. The third-order valence-electron chi connectivity index (χ3n) is 4.59. The molecule has 0 unspecified atom stereocenters. The number of piperidine rings is 1. The van der Waals surface area contributed by atoms with Gasteiger partial charge in [0.05, 0.1) is 21.1 Å². The molecule has 6 heteroatoms. The summed E-state index contributed by atoms with van der Waals surface area (Å²) in [6, 6.07) is 8.24. The third-order valence-corrected chi connectivity index (χ3v) is 6.62. The fraction of sp³-hybridized carbons (Fsp3) is 0.500. The maximum absolute atomic E-state index is 12.3. The van der Waals surface area contributed by atoms with E-state index in [1.165, 1.54) is 9.71 Å². The zero-order valence-electron chi connectivity index (χ0n) is 12.0. The highest BCUT2D eigenvalue weighted by atomic mass is 35.5. The van der Waals surface area contributed by atoms with Crippen LogP contribution in [-0.4, -0.2) is 33.2 Å². The molecule has 0 bridgehead atoms. The second-order valence-electron chi connectivity index (χ2n) is 6.14. The van der Waals surface area contributed by atoms with E-state index in [4.69, 9.17) is 28.2 Å². The van der Waals surface area contributed by atoms with Gasteiger partial charge in [-0.05, 0) is 31.4 Å². The smallest absolute Gasteiger partial charge is 0.228 e. The van der Waals surface area contributed by atoms with Crippen LogP contribution in [0.1, 0.15) is 30.2 Å². The Bertz CT molecular complexity index is 689. The first-order valence-corrected chi connectivity index (χ1v) is 9.14. The van der Waals surface area contributed by atoms with Crippen LogP contribution in [0.3, 0.4) is 0 Å². The van der Waals surface area contributed by atoms with Gasteiger partial charge in [0.2, 0.25) is 5.91 Å². The highest BCUT2D eigenvalue weighted by Gasteiger charge is 2.57. The van der Waals surface area contributed by atoms with Gasteiger partial charge in [0.15, 0.2) is 0 Å². The zero-order valence-corrected chi connectivity index (χ0v) is 14.3. The molecular formula is C16H16Cl2N2OS. The number of carbonyl (C=O) groups is 1. The van der Waals surface area contributed by atoms with E-state index < -0.39 is 4.33 Å². The summed E-state index contributed by atoms with van der Waals surface area (Å²) >= 11 is 13.8. The van der Waals surface area contributed by atoms with Crippen molar-refractivity contribution in [3.05, 3.63) is 29.3 Å². The first kappa shape index (κ1) is 14.7. The minimum absolute atomic E-state index is 0.118. The van der Waals surface area contributed by atoms with Gasteiger partial charge in [0, 0.05) is 19.0 Å². The minimum atomic E-state index is -0.818. The normalized spacial score (nSPS) is 24.6. The maximum Gasteiger partial charge on any atom is 0.228 e. The Morgan fingerprint density at radius 3 is 2.59 bits per heavy atom. The monoisotopic (exact) mass is 354 g/mol. The summed E-state index contributed by atoms with van der Waals surface area (Å²) in [5.41, 5.74) is 1.08. The van der Waals surface area contributed by atoms with Crippen molar-refractivity contribution >= 4 is 50.7 Å². The average molecular weight is 355 g/mol. The molecule has 2 fully saturated rings. The van der Waals surface area contributed by atoms with Crippen molar-refractivity contribution in [1.29, 1.82) is 0 Å². The number of hydrogen-bond donors (Lipinski definition) is 0. The van der Waals surface area contributed by atoms with E-state index in [9.17, 15) is 4.79 Å². The standard InChI is InChI=1S/C16H16Cl2N2OS/c17-16(18)9-11(16)15(21)20-7-5-10(6-8-20)14-19-12-3-1-2-4-13(12)22-14/h1-4,10-11H,5-9H2/t11-/m0/s1. The molecule has 1 aromatic carbocycles. The van der Waals surface area contributed by atoms with E-state index in [1.54, 1.807) is 11.3 Å². The molecule has 1 saturated heterocycles. The molecule has 22 heavy (non-hydrogen) atoms. The highest BCUT2D eigenvalue weighted by molar-refractivity contribution is 7.18. The van der Waals surface area contributed by atoms with Crippen molar-refractivity contribution in [3.8, 4) is 0 Å². The average Bonchev–Trinajstić information content (AvgIpc) is 2.98. The number of nitrogens with zero attached hydrogens (tertiary/aromatic N) is 2. The molecule has 1 amide bonds. The number of halogens is 2. The fourth-order valence-corrected chi connectivity index (χ4v) is 4.74. The molecule has 1 aliphatic heterocycles. The van der Waals surface area contributed by atoms with Crippen LogP contribution >= 0.6 is 34.5 Å². The van der Waals surface area contributed by atoms with Gasteiger partial charge in [-0.3, -0.25) is 4.79 Å². The molecule has 1 saturated carbocycles. The predicted octanol–water partition coefficient (Wildman–Crippen LogP) is 4.20. The summed E-state index contributed by atoms with van der Waals surface area (Å²) in [6.45, 7) is 1.56. The molecule has 4 rings (SSSR count). The molecule has 1 aromatic heterocycles. The van der Waals surface area contributed by atoms with Crippen molar-refractivity contribution in [2.24, 2.45) is 5.92 Å². The Kier molecular flexibility index (Phi) is 3.59. The second kappa shape index (κ2) is 5.36. The van der Waals surface area contributed by atoms with Crippen LogP contribution in [-0.2, 0) is 4.79 Å². The topological polar surface area (TPSA) is 33.2 Å². The van der Waals surface area contributed by atoms with Crippen LogP contribution in [0, 0.1) is 5.92 Å². The molecule has 0 N–H and O–H groups in total. The van der Waals surface area contributed by atoms with Gasteiger partial charge < -0.3 is 4.90 Å². The number of aromatic nitrogens is 1. The molecule has 2 aliphatic rings. The molecule has 116 valence electrons. The maximum atomic E-state index is 12.3. The summed E-state index contributed by atoms with van der Waals surface area (Å²) in [7, 11) is 0. The number of amides is 1. The molecule has 2 heterocycles. The second-order valence-corrected chi connectivity index (χ2v) is 8.74. The molecular weight excluding hydrogens is 339 g/mol. The van der Waals surface area contributed by atoms with Gasteiger partial charge in [0.25, 0.3) is 0 Å². The Hall–Kier alpha value is -0.840. The number of carbonyl (C=O) groups excluding carboxylic acids is 1. The van der Waals surface area contributed by atoms with E-state index in [-0.39, 0.29) is 11.8 Å². The first-order valence-electron chi connectivity index (χ1n) is 7.57. The quantitative estimate of drug-likeness (QED) is 0.757. The van der Waals surface area contributed by atoms with Gasteiger partial charge in [-0.25, -0.2) is 4.98 Å². The SMILES string of the molecule is O=C([C@@H]1CC1(Cl)Cl)N1CCC(c2nc3ccccc3s2)CC1. The van der Waals surface area contributed by atoms with E-state index >= 15 is 0 Å². The molecule has 2 aromatic rings. The van der Waals surface area contributed by atoms with Gasteiger partial charge in [0.1, 0.15) is 4.33 Å². The van der Waals surface area contributed by atoms with Crippen LogP contribution in [0.5, 0.6) is 0 Å². The van der Waals surface area contributed by atoms with Crippen molar-refractivity contribution < 1.29 is 4.79 Å². The van der Waals surface area contributed by atoms with Crippen molar-refractivity contribution in [2.75, 3.05) is 13.1 Å². The molecule has 0 radical (unpaired) electrons. The van der Waals surface area contributed by atoms with E-state index in [0.29, 0.717) is 12.3 Å². The van der Waals surface area contributed by atoms with Crippen LogP contribution in [0.25, 0.3) is 10.2 Å². The lowest BCUT2D eigenvalue weighted by Crippen LogP contribution is -2.39. The number of fused-ring (bicyclic) bond motifs is 1. The predicted molar refractivity (Wildman–Crippen MR) is 90.7 cm³/mol. The van der Waals surface area contributed by atoms with Crippen molar-refractivity contribution in [1.82, 2.24) is 9.88 Å². The van der Waals surface area contributed by atoms with E-state index in [0.717, 1.165) is 31.4 Å². The minimum Gasteiger partial charge on any atom is -0.342 e. The summed E-state index contributed by atoms with van der Waals surface area (Å²) in [5.74, 6) is 0.375. The number of likely N-dealkylation sites (tertiary alicyclic amines) is 1. The first-order chi connectivity index (χ1) is 10.5. The largest absolute Gasteiger partial charge is 0.342 e. The number of benzene rings is 1. The van der Waals surface area contributed by atoms with Crippen LogP contribution in [0.4, 0.5) is 0 Å². The Balaban J connectivity index is 1.42. The highest BCUT2D eigenvalue weighted by Crippen LogP contribution is 2.54. The Morgan fingerprint density at radius 2 is 1.95 bits per heavy atom. The van der Waals surface area contributed by atoms with Gasteiger partial charge >= 0.3 is 0 Å². The fourth-order valence-electron chi connectivity index (χ4n) is 3.11. The molecule has 1 aliphatic carbocycles. The lowest BCUT2D eigenvalue weighted by molar-refractivity contribution is -0.133. The molecule has 0 spiro atoms. The van der Waals surface area contributed by atoms with Crippen LogP contribution < -0.4 is 0 Å². The van der Waals surface area contributed by atoms with Crippen LogP contribution in [0.2, 0.25) is 0 Å². The third kappa shape index (κ3) is 2.61. The summed E-state index contributed by atoms with van der Waals surface area (Å²) < 4.78 is 0.420. The van der Waals surface area contributed by atoms with Gasteiger partial charge in [-0.2, -0.15) is 0 Å². The number of alkyl halides is 2. The van der Waals surface area contributed by atoms with E-state index in [2.05, 4.69) is 12.1 Å². The van der Waals surface area contributed by atoms with Gasteiger partial charge in [-0.1, -0.05) is 12.1 Å². The number of rotatable bonds is 2. The summed E-state index contributed by atoms with van der Waals surface area (Å²) in [4.78, 5) is 19.0. The van der Waals surface area contributed by atoms with Crippen molar-refractivity contribution in [2.45, 2.75) is 29.5 Å². The number of thiazole rings is 1. The van der Waals surface area contributed by atoms with Crippen LogP contribution in [0.15, 0.2) is 24.3 Å². The molecule has 1 atom stereocenters. The molecule has 3 nitrogen and oxygen atoms in total. The summed E-state index contributed by atoms with van der Waals surface area (Å²) in [5, 5.41) is 1.20. The number of para-hydroxylation sites is 1. The van der Waals surface area contributed by atoms with E-state index in [1.807, 2.05) is 17.0 Å². The number of hydrogen-bond acceptors (Lipinski definition) is 3. The van der Waals surface area contributed by atoms with Gasteiger partial charge in [-0.15, -0.1) is 34.5 Å². The Morgan fingerprint density at radius 1 is 1.27 bits per heavy atom. The lowest BCUT2D eigenvalue weighted by Gasteiger charge is -2.31.